The average Bonchev–Trinajstić information content (AvgIpc) is 3.30. The molecule has 2 aliphatic rings. The Morgan fingerprint density at radius 1 is 1.32 bits per heavy atom. The molecule has 6 heteroatoms. The Labute approximate surface area is 134 Å². The molecular weight excluding hydrogens is 296 g/mol. The first-order chi connectivity index (χ1) is 10.9. The topological polar surface area (TPSA) is 44.5 Å². The molecule has 0 aromatic carbocycles. The Morgan fingerprint density at radius 2 is 2.23 bits per heavy atom. The highest BCUT2D eigenvalue weighted by Crippen LogP contribution is 2.25. The van der Waals surface area contributed by atoms with Crippen molar-refractivity contribution in [3.05, 3.63) is 29.3 Å². The predicted octanol–water partition coefficient (Wildman–Crippen LogP) is 1.88. The summed E-state index contributed by atoms with van der Waals surface area (Å²) in [5, 5.41) is 9.75. The minimum atomic E-state index is 0.750. The average molecular weight is 318 g/mol. The maximum Gasteiger partial charge on any atom is 0.177 e. The lowest BCUT2D eigenvalue weighted by Gasteiger charge is -2.37. The van der Waals surface area contributed by atoms with E-state index >= 15 is 0 Å². The molecule has 2 aliphatic heterocycles. The van der Waals surface area contributed by atoms with E-state index in [4.69, 9.17) is 4.52 Å². The van der Waals surface area contributed by atoms with Crippen molar-refractivity contribution >= 4 is 11.3 Å². The fraction of sp³-hybridized carbons (Fsp3) is 0.562. The zero-order valence-corrected chi connectivity index (χ0v) is 13.5. The summed E-state index contributed by atoms with van der Waals surface area (Å²) in [6.45, 7) is 7.81. The van der Waals surface area contributed by atoms with E-state index in [0.717, 1.165) is 48.6 Å². The van der Waals surface area contributed by atoms with Gasteiger partial charge in [-0.2, -0.15) is 0 Å². The Balaban J connectivity index is 1.31. The molecule has 4 heterocycles. The van der Waals surface area contributed by atoms with Gasteiger partial charge in [0.25, 0.3) is 0 Å². The van der Waals surface area contributed by atoms with Gasteiger partial charge < -0.3 is 9.84 Å². The number of nitrogens with zero attached hydrogens (tertiary/aromatic N) is 3. The summed E-state index contributed by atoms with van der Waals surface area (Å²) >= 11 is 1.69. The number of aromatic nitrogens is 1. The van der Waals surface area contributed by atoms with E-state index in [9.17, 15) is 0 Å². The van der Waals surface area contributed by atoms with Crippen molar-refractivity contribution < 1.29 is 4.52 Å². The first-order valence-electron chi connectivity index (χ1n) is 8.05. The van der Waals surface area contributed by atoms with E-state index in [0.29, 0.717) is 0 Å². The van der Waals surface area contributed by atoms with Gasteiger partial charge in [0.05, 0.1) is 10.6 Å². The Morgan fingerprint density at radius 3 is 2.95 bits per heavy atom. The molecular formula is C16H22N4OS. The molecule has 0 spiro atoms. The van der Waals surface area contributed by atoms with E-state index in [1.807, 2.05) is 6.07 Å². The van der Waals surface area contributed by atoms with Crippen LogP contribution in [0.3, 0.4) is 0 Å². The summed E-state index contributed by atoms with van der Waals surface area (Å²) in [5.41, 5.74) is 1.04. The predicted molar refractivity (Wildman–Crippen MR) is 87.9 cm³/mol. The van der Waals surface area contributed by atoms with Crippen LogP contribution in [0.25, 0.3) is 10.6 Å². The van der Waals surface area contributed by atoms with Crippen LogP contribution in [0.2, 0.25) is 0 Å². The maximum atomic E-state index is 5.47. The highest BCUT2D eigenvalue weighted by atomic mass is 32.1. The number of rotatable bonds is 4. The molecule has 2 aromatic heterocycles. The van der Waals surface area contributed by atoms with Crippen molar-refractivity contribution in [2.45, 2.75) is 19.0 Å². The summed E-state index contributed by atoms with van der Waals surface area (Å²) in [4.78, 5) is 6.27. The summed E-state index contributed by atoms with van der Waals surface area (Å²) in [6, 6.07) is 6.95. The molecule has 0 saturated carbocycles. The minimum absolute atomic E-state index is 0.750. The smallest absolute Gasteiger partial charge is 0.177 e. The summed E-state index contributed by atoms with van der Waals surface area (Å²) in [7, 11) is 0. The molecule has 0 aliphatic carbocycles. The molecule has 0 bridgehead atoms. The van der Waals surface area contributed by atoms with Crippen LogP contribution in [-0.4, -0.2) is 60.3 Å². The normalized spacial score (nSPS) is 24.1. The molecule has 5 nitrogen and oxygen atoms in total. The van der Waals surface area contributed by atoms with Gasteiger partial charge in [0.2, 0.25) is 0 Å². The Kier molecular flexibility index (Phi) is 4.25. The molecule has 2 aromatic rings. The number of hydrogen-bond acceptors (Lipinski definition) is 6. The monoisotopic (exact) mass is 318 g/mol. The van der Waals surface area contributed by atoms with Crippen LogP contribution in [-0.2, 0) is 6.54 Å². The van der Waals surface area contributed by atoms with Crippen LogP contribution in [0.1, 0.15) is 12.1 Å². The quantitative estimate of drug-likeness (QED) is 0.932. The van der Waals surface area contributed by atoms with E-state index in [2.05, 4.69) is 37.8 Å². The van der Waals surface area contributed by atoms with E-state index in [1.165, 1.54) is 26.1 Å². The molecule has 1 atom stereocenters. The molecule has 22 heavy (non-hydrogen) atoms. The highest BCUT2D eigenvalue weighted by molar-refractivity contribution is 7.13. The highest BCUT2D eigenvalue weighted by Gasteiger charge is 2.26. The lowest BCUT2D eigenvalue weighted by Crippen LogP contribution is -2.50. The van der Waals surface area contributed by atoms with Crippen LogP contribution < -0.4 is 5.32 Å². The van der Waals surface area contributed by atoms with Crippen LogP contribution >= 0.6 is 11.3 Å². The van der Waals surface area contributed by atoms with Gasteiger partial charge in [0.1, 0.15) is 0 Å². The second-order valence-electron chi connectivity index (χ2n) is 6.12. The lowest BCUT2D eigenvalue weighted by molar-refractivity contribution is 0.0966. The fourth-order valence-electron chi connectivity index (χ4n) is 3.39. The zero-order valence-electron chi connectivity index (χ0n) is 12.7. The van der Waals surface area contributed by atoms with E-state index in [1.54, 1.807) is 11.3 Å². The summed E-state index contributed by atoms with van der Waals surface area (Å²) in [5.74, 6) is 0.890. The Bertz CT molecular complexity index is 583. The largest absolute Gasteiger partial charge is 0.355 e. The third-order valence-electron chi connectivity index (χ3n) is 4.67. The van der Waals surface area contributed by atoms with Crippen LogP contribution in [0.4, 0.5) is 0 Å². The van der Waals surface area contributed by atoms with Crippen LogP contribution in [0.15, 0.2) is 28.1 Å². The molecule has 4 rings (SSSR count). The van der Waals surface area contributed by atoms with Gasteiger partial charge in [-0.05, 0) is 24.4 Å². The second kappa shape index (κ2) is 6.50. The number of nitrogens with one attached hydrogen (secondary N) is 1. The van der Waals surface area contributed by atoms with Gasteiger partial charge in [0, 0.05) is 51.4 Å². The third kappa shape index (κ3) is 3.10. The van der Waals surface area contributed by atoms with Gasteiger partial charge in [-0.25, -0.2) is 0 Å². The first kappa shape index (κ1) is 14.4. The maximum absolute atomic E-state index is 5.47. The molecule has 1 unspecified atom stereocenters. The standard InChI is InChI=1S/C16H22N4OS/c1-2-16(22-9-1)15-10-13(18-21-15)12-19-5-7-20(8-6-19)14-3-4-17-11-14/h1-2,9-10,14,17H,3-8,11-12H2. The molecule has 1 N–H and O–H groups in total. The second-order valence-corrected chi connectivity index (χ2v) is 7.07. The van der Waals surface area contributed by atoms with Crippen molar-refractivity contribution in [3.63, 3.8) is 0 Å². The number of piperazine rings is 1. The third-order valence-corrected chi connectivity index (χ3v) is 5.55. The fourth-order valence-corrected chi connectivity index (χ4v) is 4.06. The van der Waals surface area contributed by atoms with E-state index in [-0.39, 0.29) is 0 Å². The zero-order chi connectivity index (χ0) is 14.8. The molecule has 0 amide bonds. The van der Waals surface area contributed by atoms with Crippen molar-refractivity contribution in [1.82, 2.24) is 20.3 Å². The first-order valence-corrected chi connectivity index (χ1v) is 8.93. The van der Waals surface area contributed by atoms with Crippen molar-refractivity contribution in [2.75, 3.05) is 39.3 Å². The molecule has 2 saturated heterocycles. The summed E-state index contributed by atoms with van der Waals surface area (Å²) in [6.07, 6.45) is 1.30. The van der Waals surface area contributed by atoms with Crippen molar-refractivity contribution in [3.8, 4) is 10.6 Å². The van der Waals surface area contributed by atoms with Gasteiger partial charge in [-0.3, -0.25) is 9.80 Å². The van der Waals surface area contributed by atoms with Gasteiger partial charge in [0.15, 0.2) is 5.76 Å². The molecule has 118 valence electrons. The van der Waals surface area contributed by atoms with E-state index < -0.39 is 0 Å². The number of thiophene rings is 1. The summed E-state index contributed by atoms with van der Waals surface area (Å²) < 4.78 is 5.47. The van der Waals surface area contributed by atoms with Crippen LogP contribution in [0.5, 0.6) is 0 Å². The van der Waals surface area contributed by atoms with Gasteiger partial charge in [-0.15, -0.1) is 11.3 Å². The van der Waals surface area contributed by atoms with Gasteiger partial charge >= 0.3 is 0 Å². The van der Waals surface area contributed by atoms with Gasteiger partial charge in [-0.1, -0.05) is 11.2 Å². The SMILES string of the molecule is c1csc(-c2cc(CN3CCN(C4CCNC4)CC3)no2)c1. The number of hydrogen-bond donors (Lipinski definition) is 1. The van der Waals surface area contributed by atoms with Crippen LogP contribution in [0, 0.1) is 0 Å². The molecule has 2 fully saturated rings. The minimum Gasteiger partial charge on any atom is -0.355 e. The Hall–Kier alpha value is -1.21. The lowest BCUT2D eigenvalue weighted by atomic mass is 10.2. The molecule has 0 radical (unpaired) electrons. The van der Waals surface area contributed by atoms with Crippen molar-refractivity contribution in [2.24, 2.45) is 0 Å². The van der Waals surface area contributed by atoms with Crippen molar-refractivity contribution in [1.29, 1.82) is 0 Å².